The average Bonchev–Trinajstić information content (AvgIpc) is 2.88. The fourth-order valence-electron chi connectivity index (χ4n) is 4.12. The standard InChI is InChI=1S/C27H29N3O3/c1-33-24-14-8-13-23(17-24)27(32)30-16-15-29(19-22-11-6-3-7-12-22)20-25(30)26(31)28-18-21-9-4-2-5-10-21/h2-14,17,25H,15-16,18-20H2,1H3,(H,28,31). The molecule has 0 aliphatic carbocycles. The summed E-state index contributed by atoms with van der Waals surface area (Å²) in [5, 5.41) is 3.03. The Morgan fingerprint density at radius 3 is 2.30 bits per heavy atom. The lowest BCUT2D eigenvalue weighted by Crippen LogP contribution is -2.60. The molecule has 4 rings (SSSR count). The number of nitrogens with zero attached hydrogens (tertiary/aromatic N) is 2. The van der Waals surface area contributed by atoms with Crippen LogP contribution in [0.25, 0.3) is 0 Å². The van der Waals surface area contributed by atoms with Crippen molar-refractivity contribution in [3.05, 3.63) is 102 Å². The maximum Gasteiger partial charge on any atom is 0.254 e. The first-order chi connectivity index (χ1) is 16.1. The van der Waals surface area contributed by atoms with E-state index in [1.165, 1.54) is 5.56 Å². The number of piperazine rings is 1. The second-order valence-corrected chi connectivity index (χ2v) is 8.17. The zero-order chi connectivity index (χ0) is 23.0. The van der Waals surface area contributed by atoms with Gasteiger partial charge >= 0.3 is 0 Å². The summed E-state index contributed by atoms with van der Waals surface area (Å²) in [7, 11) is 1.58. The lowest BCUT2D eigenvalue weighted by atomic mass is 10.1. The number of hydrogen-bond acceptors (Lipinski definition) is 4. The Balaban J connectivity index is 1.52. The number of hydrogen-bond donors (Lipinski definition) is 1. The van der Waals surface area contributed by atoms with Crippen LogP contribution in [0.15, 0.2) is 84.9 Å². The normalized spacial score (nSPS) is 16.3. The summed E-state index contributed by atoms with van der Waals surface area (Å²) in [6.07, 6.45) is 0. The van der Waals surface area contributed by atoms with E-state index < -0.39 is 6.04 Å². The number of nitrogens with one attached hydrogen (secondary N) is 1. The van der Waals surface area contributed by atoms with Gasteiger partial charge in [-0.15, -0.1) is 0 Å². The van der Waals surface area contributed by atoms with Gasteiger partial charge < -0.3 is 15.0 Å². The molecule has 1 atom stereocenters. The third-order valence-corrected chi connectivity index (χ3v) is 5.90. The third-order valence-electron chi connectivity index (χ3n) is 5.90. The number of carbonyl (C=O) groups excluding carboxylic acids is 2. The van der Waals surface area contributed by atoms with Gasteiger partial charge in [-0.05, 0) is 29.3 Å². The minimum atomic E-state index is -0.579. The van der Waals surface area contributed by atoms with Gasteiger partial charge in [-0.2, -0.15) is 0 Å². The van der Waals surface area contributed by atoms with Gasteiger partial charge in [0, 0.05) is 38.3 Å². The lowest BCUT2D eigenvalue weighted by molar-refractivity contribution is -0.128. The molecule has 1 aliphatic heterocycles. The smallest absolute Gasteiger partial charge is 0.254 e. The quantitative estimate of drug-likeness (QED) is 0.609. The van der Waals surface area contributed by atoms with Crippen LogP contribution in [0.1, 0.15) is 21.5 Å². The molecule has 0 saturated carbocycles. The SMILES string of the molecule is COc1cccc(C(=O)N2CCN(Cc3ccccc3)CC2C(=O)NCc2ccccc2)c1. The van der Waals surface area contributed by atoms with Crippen LogP contribution >= 0.6 is 0 Å². The molecule has 1 unspecified atom stereocenters. The van der Waals surface area contributed by atoms with E-state index in [4.69, 9.17) is 4.74 Å². The molecule has 33 heavy (non-hydrogen) atoms. The molecule has 1 aliphatic rings. The Morgan fingerprint density at radius 2 is 1.61 bits per heavy atom. The van der Waals surface area contributed by atoms with Gasteiger partial charge in [0.1, 0.15) is 11.8 Å². The van der Waals surface area contributed by atoms with E-state index in [9.17, 15) is 9.59 Å². The van der Waals surface area contributed by atoms with Crippen LogP contribution in [0, 0.1) is 0 Å². The molecule has 6 nitrogen and oxygen atoms in total. The minimum Gasteiger partial charge on any atom is -0.497 e. The number of rotatable bonds is 7. The molecule has 1 fully saturated rings. The van der Waals surface area contributed by atoms with Gasteiger partial charge in [-0.25, -0.2) is 0 Å². The van der Waals surface area contributed by atoms with Crippen molar-refractivity contribution in [3.8, 4) is 5.75 Å². The molecule has 3 aromatic rings. The maximum atomic E-state index is 13.4. The average molecular weight is 444 g/mol. The minimum absolute atomic E-state index is 0.145. The van der Waals surface area contributed by atoms with Crippen molar-refractivity contribution >= 4 is 11.8 Å². The van der Waals surface area contributed by atoms with Crippen molar-refractivity contribution < 1.29 is 14.3 Å². The first-order valence-electron chi connectivity index (χ1n) is 11.2. The van der Waals surface area contributed by atoms with E-state index in [1.807, 2.05) is 48.5 Å². The molecule has 2 amide bonds. The molecule has 6 heteroatoms. The van der Waals surface area contributed by atoms with Crippen LogP contribution in [0.5, 0.6) is 5.75 Å². The zero-order valence-corrected chi connectivity index (χ0v) is 18.8. The molecule has 1 N–H and O–H groups in total. The zero-order valence-electron chi connectivity index (χ0n) is 18.8. The first-order valence-corrected chi connectivity index (χ1v) is 11.2. The Morgan fingerprint density at radius 1 is 0.909 bits per heavy atom. The molecular formula is C27H29N3O3. The highest BCUT2D eigenvalue weighted by Gasteiger charge is 2.35. The van der Waals surface area contributed by atoms with Gasteiger partial charge in [0.2, 0.25) is 5.91 Å². The van der Waals surface area contributed by atoms with Crippen molar-refractivity contribution in [2.45, 2.75) is 19.1 Å². The number of carbonyl (C=O) groups is 2. The molecule has 0 spiro atoms. The highest BCUT2D eigenvalue weighted by Crippen LogP contribution is 2.20. The summed E-state index contributed by atoms with van der Waals surface area (Å²) in [4.78, 5) is 30.6. The van der Waals surface area contributed by atoms with Crippen LogP contribution in [-0.2, 0) is 17.9 Å². The Bertz CT molecular complexity index is 1070. The fraction of sp³-hybridized carbons (Fsp3) is 0.259. The van der Waals surface area contributed by atoms with Crippen LogP contribution in [0.3, 0.4) is 0 Å². The van der Waals surface area contributed by atoms with Gasteiger partial charge in [-0.1, -0.05) is 66.7 Å². The number of amides is 2. The summed E-state index contributed by atoms with van der Waals surface area (Å²) in [5.41, 5.74) is 2.73. The van der Waals surface area contributed by atoms with E-state index in [0.29, 0.717) is 37.5 Å². The molecular weight excluding hydrogens is 414 g/mol. The van der Waals surface area contributed by atoms with Crippen LogP contribution < -0.4 is 10.1 Å². The van der Waals surface area contributed by atoms with E-state index in [-0.39, 0.29) is 11.8 Å². The molecule has 0 aromatic heterocycles. The molecule has 1 heterocycles. The molecule has 1 saturated heterocycles. The predicted octanol–water partition coefficient (Wildman–Crippen LogP) is 3.34. The van der Waals surface area contributed by atoms with Gasteiger partial charge in [0.05, 0.1) is 7.11 Å². The summed E-state index contributed by atoms with van der Waals surface area (Å²) in [5.74, 6) is 0.314. The summed E-state index contributed by atoms with van der Waals surface area (Å²) in [6, 6.07) is 26.5. The number of ether oxygens (including phenoxy) is 1. The van der Waals surface area contributed by atoms with Crippen molar-refractivity contribution in [3.63, 3.8) is 0 Å². The van der Waals surface area contributed by atoms with Gasteiger partial charge in [0.25, 0.3) is 5.91 Å². The second-order valence-electron chi connectivity index (χ2n) is 8.17. The largest absolute Gasteiger partial charge is 0.497 e. The van der Waals surface area contributed by atoms with E-state index >= 15 is 0 Å². The molecule has 170 valence electrons. The highest BCUT2D eigenvalue weighted by molar-refractivity contribution is 5.98. The summed E-state index contributed by atoms with van der Waals surface area (Å²) >= 11 is 0. The van der Waals surface area contributed by atoms with E-state index in [2.05, 4.69) is 22.3 Å². The number of benzene rings is 3. The van der Waals surface area contributed by atoms with Crippen molar-refractivity contribution in [2.75, 3.05) is 26.7 Å². The predicted molar refractivity (Wildman–Crippen MR) is 128 cm³/mol. The van der Waals surface area contributed by atoms with Crippen LogP contribution in [-0.4, -0.2) is 54.4 Å². The van der Waals surface area contributed by atoms with Crippen molar-refractivity contribution in [1.29, 1.82) is 0 Å². The Labute approximate surface area is 194 Å². The molecule has 0 bridgehead atoms. The topological polar surface area (TPSA) is 61.9 Å². The summed E-state index contributed by atoms with van der Waals surface area (Å²) < 4.78 is 5.28. The second kappa shape index (κ2) is 10.8. The van der Waals surface area contributed by atoms with Crippen molar-refractivity contribution in [2.24, 2.45) is 0 Å². The molecule has 0 radical (unpaired) electrons. The lowest BCUT2D eigenvalue weighted by Gasteiger charge is -2.40. The van der Waals surface area contributed by atoms with Gasteiger partial charge in [-0.3, -0.25) is 14.5 Å². The Hall–Kier alpha value is -3.64. The molecule has 3 aromatic carbocycles. The van der Waals surface area contributed by atoms with E-state index in [1.54, 1.807) is 36.3 Å². The highest BCUT2D eigenvalue weighted by atomic mass is 16.5. The van der Waals surface area contributed by atoms with E-state index in [0.717, 1.165) is 12.1 Å². The fourth-order valence-corrected chi connectivity index (χ4v) is 4.12. The van der Waals surface area contributed by atoms with Crippen molar-refractivity contribution in [1.82, 2.24) is 15.1 Å². The van der Waals surface area contributed by atoms with Gasteiger partial charge in [0.15, 0.2) is 0 Å². The maximum absolute atomic E-state index is 13.4. The monoisotopic (exact) mass is 443 g/mol. The number of methoxy groups -OCH3 is 1. The van der Waals surface area contributed by atoms with Crippen LogP contribution in [0.2, 0.25) is 0 Å². The Kier molecular flexibility index (Phi) is 7.37. The summed E-state index contributed by atoms with van der Waals surface area (Å²) in [6.45, 7) is 2.82. The first kappa shape index (κ1) is 22.6. The van der Waals surface area contributed by atoms with Crippen LogP contribution in [0.4, 0.5) is 0 Å². The third kappa shape index (κ3) is 5.79.